The molecule has 0 radical (unpaired) electrons. The van der Waals surface area contributed by atoms with Gasteiger partial charge in [0.15, 0.2) is 0 Å². The molecule has 0 aliphatic carbocycles. The molecule has 1 saturated heterocycles. The number of ether oxygens (including phenoxy) is 1. The van der Waals surface area contributed by atoms with Gasteiger partial charge in [-0.2, -0.15) is 0 Å². The summed E-state index contributed by atoms with van der Waals surface area (Å²) in [6.45, 7) is 7.51. The van der Waals surface area contributed by atoms with Crippen molar-refractivity contribution in [1.82, 2.24) is 10.2 Å². The van der Waals surface area contributed by atoms with Crippen LogP contribution in [0.25, 0.3) is 0 Å². The zero-order chi connectivity index (χ0) is 14.9. The molecule has 0 saturated carbocycles. The average Bonchev–Trinajstić information content (AvgIpc) is 2.53. The molecule has 0 aromatic heterocycles. The Bertz CT molecular complexity index is 419. The van der Waals surface area contributed by atoms with Crippen LogP contribution in [0.5, 0.6) is 0 Å². The largest absolute Gasteiger partial charge is 0.379 e. The molecule has 1 fully saturated rings. The monoisotopic (exact) mass is 291 g/mol. The maximum Gasteiger partial charge on any atom is 0.241 e. The van der Waals surface area contributed by atoms with E-state index in [2.05, 4.69) is 15.5 Å². The van der Waals surface area contributed by atoms with Crippen molar-refractivity contribution in [2.24, 2.45) is 0 Å². The van der Waals surface area contributed by atoms with Crippen LogP contribution in [0.2, 0.25) is 0 Å². The standard InChI is InChI=1S/C16H25N3O2/c1-14(16(20)18-15-6-3-2-4-7-15)17-8-5-9-19-10-12-21-13-11-19/h2-4,6-7,14,17H,5,8-13H2,1H3,(H,18,20)/t14-/m0/s1. The lowest BCUT2D eigenvalue weighted by Crippen LogP contribution is -2.41. The van der Waals surface area contributed by atoms with Crippen LogP contribution in [0.1, 0.15) is 13.3 Å². The number of nitrogens with zero attached hydrogens (tertiary/aromatic N) is 1. The Hall–Kier alpha value is -1.43. The fourth-order valence-electron chi connectivity index (χ4n) is 2.31. The lowest BCUT2D eigenvalue weighted by atomic mass is 10.2. The van der Waals surface area contributed by atoms with E-state index in [0.29, 0.717) is 0 Å². The van der Waals surface area contributed by atoms with E-state index in [1.54, 1.807) is 0 Å². The molecule has 1 aromatic carbocycles. The lowest BCUT2D eigenvalue weighted by Gasteiger charge is -2.26. The van der Waals surface area contributed by atoms with E-state index in [-0.39, 0.29) is 11.9 Å². The first-order valence-electron chi connectivity index (χ1n) is 7.65. The fourth-order valence-corrected chi connectivity index (χ4v) is 2.31. The number of hydrogen-bond donors (Lipinski definition) is 2. The van der Waals surface area contributed by atoms with Gasteiger partial charge in [0.2, 0.25) is 5.91 Å². The van der Waals surface area contributed by atoms with Gasteiger partial charge in [-0.1, -0.05) is 18.2 Å². The second-order valence-corrected chi connectivity index (χ2v) is 5.34. The number of para-hydroxylation sites is 1. The van der Waals surface area contributed by atoms with Crippen LogP contribution in [0.4, 0.5) is 5.69 Å². The fraction of sp³-hybridized carbons (Fsp3) is 0.562. The molecule has 1 aromatic rings. The summed E-state index contributed by atoms with van der Waals surface area (Å²) >= 11 is 0. The third kappa shape index (κ3) is 5.83. The molecular weight excluding hydrogens is 266 g/mol. The van der Waals surface area contributed by atoms with Gasteiger partial charge in [-0.15, -0.1) is 0 Å². The van der Waals surface area contributed by atoms with Crippen molar-refractivity contribution in [3.63, 3.8) is 0 Å². The number of hydrogen-bond acceptors (Lipinski definition) is 4. The first-order valence-corrected chi connectivity index (χ1v) is 7.65. The molecule has 1 heterocycles. The maximum absolute atomic E-state index is 12.0. The number of nitrogens with one attached hydrogen (secondary N) is 2. The number of amides is 1. The van der Waals surface area contributed by atoms with E-state index >= 15 is 0 Å². The number of benzene rings is 1. The molecule has 1 atom stereocenters. The first kappa shape index (κ1) is 15.9. The van der Waals surface area contributed by atoms with E-state index < -0.39 is 0 Å². The van der Waals surface area contributed by atoms with Crippen molar-refractivity contribution in [2.45, 2.75) is 19.4 Å². The molecule has 0 spiro atoms. The predicted octanol–water partition coefficient (Wildman–Crippen LogP) is 1.33. The third-order valence-corrected chi connectivity index (χ3v) is 3.64. The smallest absolute Gasteiger partial charge is 0.241 e. The number of rotatable bonds is 7. The lowest BCUT2D eigenvalue weighted by molar-refractivity contribution is -0.117. The molecule has 0 bridgehead atoms. The van der Waals surface area contributed by atoms with Crippen LogP contribution in [0, 0.1) is 0 Å². The Kier molecular flexibility index (Phi) is 6.66. The van der Waals surface area contributed by atoms with Crippen LogP contribution in [-0.2, 0) is 9.53 Å². The van der Waals surface area contributed by atoms with Crippen LogP contribution in [0.3, 0.4) is 0 Å². The summed E-state index contributed by atoms with van der Waals surface area (Å²) in [5.41, 5.74) is 0.837. The van der Waals surface area contributed by atoms with Crippen LogP contribution < -0.4 is 10.6 Å². The Morgan fingerprint density at radius 1 is 1.29 bits per heavy atom. The van der Waals surface area contributed by atoms with E-state index in [1.165, 1.54) is 0 Å². The van der Waals surface area contributed by atoms with Crippen molar-refractivity contribution in [2.75, 3.05) is 44.7 Å². The molecular formula is C16H25N3O2. The summed E-state index contributed by atoms with van der Waals surface area (Å²) < 4.78 is 5.32. The van der Waals surface area contributed by atoms with Gasteiger partial charge >= 0.3 is 0 Å². The second-order valence-electron chi connectivity index (χ2n) is 5.34. The highest BCUT2D eigenvalue weighted by atomic mass is 16.5. The molecule has 116 valence electrons. The van der Waals surface area contributed by atoms with Gasteiger partial charge in [0, 0.05) is 18.8 Å². The Morgan fingerprint density at radius 3 is 2.71 bits per heavy atom. The SMILES string of the molecule is C[C@H](NCCCN1CCOCC1)C(=O)Nc1ccccc1. The Balaban J connectivity index is 1.60. The predicted molar refractivity (Wildman–Crippen MR) is 84.4 cm³/mol. The summed E-state index contributed by atoms with van der Waals surface area (Å²) in [6, 6.07) is 9.36. The molecule has 21 heavy (non-hydrogen) atoms. The van der Waals surface area contributed by atoms with E-state index in [0.717, 1.165) is 51.5 Å². The normalized spacial score (nSPS) is 17.4. The molecule has 5 heteroatoms. The van der Waals surface area contributed by atoms with E-state index in [9.17, 15) is 4.79 Å². The van der Waals surface area contributed by atoms with Gasteiger partial charge in [-0.3, -0.25) is 9.69 Å². The number of anilines is 1. The zero-order valence-electron chi connectivity index (χ0n) is 12.7. The minimum Gasteiger partial charge on any atom is -0.379 e. The van der Waals surface area contributed by atoms with Crippen molar-refractivity contribution in [3.05, 3.63) is 30.3 Å². The van der Waals surface area contributed by atoms with Gasteiger partial charge in [0.25, 0.3) is 0 Å². The molecule has 2 rings (SSSR count). The van der Waals surface area contributed by atoms with Crippen molar-refractivity contribution >= 4 is 11.6 Å². The summed E-state index contributed by atoms with van der Waals surface area (Å²) in [5.74, 6) is 0.00701. The van der Waals surface area contributed by atoms with Crippen molar-refractivity contribution in [3.8, 4) is 0 Å². The first-order chi connectivity index (χ1) is 10.3. The average molecular weight is 291 g/mol. The van der Waals surface area contributed by atoms with Gasteiger partial charge in [0.05, 0.1) is 19.3 Å². The summed E-state index contributed by atoms with van der Waals surface area (Å²) in [6.07, 6.45) is 1.04. The number of carbonyl (C=O) groups is 1. The quantitative estimate of drug-likeness (QED) is 0.744. The maximum atomic E-state index is 12.0. The Morgan fingerprint density at radius 2 is 2.00 bits per heavy atom. The Labute approximate surface area is 126 Å². The number of morpholine rings is 1. The van der Waals surface area contributed by atoms with Crippen LogP contribution >= 0.6 is 0 Å². The van der Waals surface area contributed by atoms with E-state index in [4.69, 9.17) is 4.74 Å². The summed E-state index contributed by atoms with van der Waals surface area (Å²) in [4.78, 5) is 14.4. The highest BCUT2D eigenvalue weighted by Crippen LogP contribution is 2.05. The molecule has 1 aliphatic rings. The van der Waals surface area contributed by atoms with Gasteiger partial charge in [0.1, 0.15) is 0 Å². The highest BCUT2D eigenvalue weighted by molar-refractivity contribution is 5.94. The molecule has 1 aliphatic heterocycles. The zero-order valence-corrected chi connectivity index (χ0v) is 12.7. The van der Waals surface area contributed by atoms with Crippen LogP contribution in [-0.4, -0.2) is 56.2 Å². The molecule has 0 unspecified atom stereocenters. The summed E-state index contributed by atoms with van der Waals surface area (Å²) in [5, 5.41) is 6.18. The van der Waals surface area contributed by atoms with Gasteiger partial charge in [-0.25, -0.2) is 0 Å². The third-order valence-electron chi connectivity index (χ3n) is 3.64. The van der Waals surface area contributed by atoms with Gasteiger partial charge in [-0.05, 0) is 38.6 Å². The number of carbonyl (C=O) groups excluding carboxylic acids is 1. The van der Waals surface area contributed by atoms with Gasteiger partial charge < -0.3 is 15.4 Å². The minimum atomic E-state index is -0.185. The highest BCUT2D eigenvalue weighted by Gasteiger charge is 2.13. The van der Waals surface area contributed by atoms with Crippen LogP contribution in [0.15, 0.2) is 30.3 Å². The van der Waals surface area contributed by atoms with E-state index in [1.807, 2.05) is 37.3 Å². The second kappa shape index (κ2) is 8.77. The van der Waals surface area contributed by atoms with Crippen molar-refractivity contribution in [1.29, 1.82) is 0 Å². The topological polar surface area (TPSA) is 53.6 Å². The molecule has 1 amide bonds. The molecule has 2 N–H and O–H groups in total. The summed E-state index contributed by atoms with van der Waals surface area (Å²) in [7, 11) is 0. The minimum absolute atomic E-state index is 0.00701. The molecule has 5 nitrogen and oxygen atoms in total. The van der Waals surface area contributed by atoms with Crippen molar-refractivity contribution < 1.29 is 9.53 Å².